The standard InChI is InChI=1S/C13H20N2O3/c1-2-3-9(14)12(16)15-11-8-5-4-7(6-8)10(11)13(17)18/h2,7-11H,1,3-6,14H2,(H,15,16)(H,17,18). The van der Waals surface area contributed by atoms with Crippen LogP contribution in [0.1, 0.15) is 25.7 Å². The molecule has 2 fully saturated rings. The summed E-state index contributed by atoms with van der Waals surface area (Å²) < 4.78 is 0. The maximum atomic E-state index is 11.9. The molecule has 0 aliphatic heterocycles. The minimum Gasteiger partial charge on any atom is -0.481 e. The molecule has 1 amide bonds. The minimum absolute atomic E-state index is 0.216. The first-order valence-corrected chi connectivity index (χ1v) is 6.44. The molecular formula is C13H20N2O3. The average molecular weight is 252 g/mol. The lowest BCUT2D eigenvalue weighted by Gasteiger charge is -2.29. The van der Waals surface area contributed by atoms with E-state index in [1.54, 1.807) is 6.08 Å². The molecular weight excluding hydrogens is 232 g/mol. The van der Waals surface area contributed by atoms with Crippen LogP contribution in [0.15, 0.2) is 12.7 Å². The summed E-state index contributed by atoms with van der Waals surface area (Å²) in [5.41, 5.74) is 5.69. The van der Waals surface area contributed by atoms with Gasteiger partial charge in [0.15, 0.2) is 0 Å². The van der Waals surface area contributed by atoms with Crippen molar-refractivity contribution < 1.29 is 14.7 Å². The van der Waals surface area contributed by atoms with Crippen molar-refractivity contribution in [3.8, 4) is 0 Å². The Hall–Kier alpha value is -1.36. The third-order valence-corrected chi connectivity index (χ3v) is 4.27. The van der Waals surface area contributed by atoms with Crippen LogP contribution in [0.4, 0.5) is 0 Å². The molecule has 0 spiro atoms. The van der Waals surface area contributed by atoms with E-state index in [1.807, 2.05) is 0 Å². The molecule has 2 aliphatic carbocycles. The van der Waals surface area contributed by atoms with Crippen molar-refractivity contribution in [2.24, 2.45) is 23.5 Å². The zero-order valence-corrected chi connectivity index (χ0v) is 10.3. The number of amides is 1. The first-order valence-electron chi connectivity index (χ1n) is 6.44. The molecule has 5 atom stereocenters. The molecule has 100 valence electrons. The lowest BCUT2D eigenvalue weighted by molar-refractivity contribution is -0.144. The third-order valence-electron chi connectivity index (χ3n) is 4.27. The molecule has 2 aliphatic rings. The first-order chi connectivity index (χ1) is 8.54. The maximum Gasteiger partial charge on any atom is 0.308 e. The summed E-state index contributed by atoms with van der Waals surface area (Å²) in [4.78, 5) is 23.1. The smallest absolute Gasteiger partial charge is 0.308 e. The maximum absolute atomic E-state index is 11.9. The Morgan fingerprint density at radius 2 is 2.11 bits per heavy atom. The summed E-state index contributed by atoms with van der Waals surface area (Å²) in [5, 5.41) is 12.1. The third kappa shape index (κ3) is 2.27. The lowest BCUT2D eigenvalue weighted by atomic mass is 9.84. The second kappa shape index (κ2) is 5.10. The molecule has 5 unspecified atom stereocenters. The highest BCUT2D eigenvalue weighted by Crippen LogP contribution is 2.48. The van der Waals surface area contributed by atoms with Crippen molar-refractivity contribution in [3.05, 3.63) is 12.7 Å². The van der Waals surface area contributed by atoms with Gasteiger partial charge < -0.3 is 16.2 Å². The Kier molecular flexibility index (Phi) is 3.71. The molecule has 0 saturated heterocycles. The highest BCUT2D eigenvalue weighted by atomic mass is 16.4. The molecule has 5 heteroatoms. The van der Waals surface area contributed by atoms with Crippen molar-refractivity contribution in [2.45, 2.75) is 37.8 Å². The second-order valence-electron chi connectivity index (χ2n) is 5.36. The first kappa shape index (κ1) is 13.1. The van der Waals surface area contributed by atoms with Crippen molar-refractivity contribution in [3.63, 3.8) is 0 Å². The Morgan fingerprint density at radius 3 is 2.72 bits per heavy atom. The molecule has 4 N–H and O–H groups in total. The fraction of sp³-hybridized carbons (Fsp3) is 0.692. The van der Waals surface area contributed by atoms with Crippen LogP contribution in [0.3, 0.4) is 0 Å². The van der Waals surface area contributed by atoms with E-state index >= 15 is 0 Å². The molecule has 0 aromatic heterocycles. The highest BCUT2D eigenvalue weighted by molar-refractivity contribution is 5.83. The van der Waals surface area contributed by atoms with E-state index < -0.39 is 17.9 Å². The summed E-state index contributed by atoms with van der Waals surface area (Å²) in [6.45, 7) is 3.54. The van der Waals surface area contributed by atoms with Gasteiger partial charge in [-0.25, -0.2) is 0 Å². The van der Waals surface area contributed by atoms with E-state index in [0.717, 1.165) is 19.3 Å². The topological polar surface area (TPSA) is 92.4 Å². The fourth-order valence-electron chi connectivity index (χ4n) is 3.41. The second-order valence-corrected chi connectivity index (χ2v) is 5.36. The number of carbonyl (C=O) groups is 2. The van der Waals surface area contributed by atoms with Gasteiger partial charge in [-0.15, -0.1) is 6.58 Å². The Bertz CT molecular complexity index is 369. The largest absolute Gasteiger partial charge is 0.481 e. The van der Waals surface area contributed by atoms with Gasteiger partial charge in [-0.05, 0) is 37.5 Å². The van der Waals surface area contributed by atoms with Gasteiger partial charge in [0.05, 0.1) is 12.0 Å². The zero-order valence-electron chi connectivity index (χ0n) is 10.3. The molecule has 0 aromatic carbocycles. The number of nitrogens with one attached hydrogen (secondary N) is 1. The van der Waals surface area contributed by atoms with Crippen LogP contribution in [-0.2, 0) is 9.59 Å². The van der Waals surface area contributed by atoms with Gasteiger partial charge >= 0.3 is 5.97 Å². The van der Waals surface area contributed by atoms with Crippen LogP contribution in [0.5, 0.6) is 0 Å². The summed E-state index contributed by atoms with van der Waals surface area (Å²) in [6, 6.07) is -0.874. The number of aliphatic carboxylic acids is 1. The summed E-state index contributed by atoms with van der Waals surface area (Å²) in [5.74, 6) is -0.989. The van der Waals surface area contributed by atoms with Crippen LogP contribution in [-0.4, -0.2) is 29.1 Å². The molecule has 2 saturated carbocycles. The van der Waals surface area contributed by atoms with Gasteiger partial charge in [0.2, 0.25) is 5.91 Å². The van der Waals surface area contributed by atoms with Crippen LogP contribution in [0.2, 0.25) is 0 Å². The predicted molar refractivity (Wildman–Crippen MR) is 66.7 cm³/mol. The Balaban J connectivity index is 2.01. The monoisotopic (exact) mass is 252 g/mol. The van der Waals surface area contributed by atoms with Crippen molar-refractivity contribution in [1.82, 2.24) is 5.32 Å². The van der Waals surface area contributed by atoms with Gasteiger partial charge in [0.25, 0.3) is 0 Å². The average Bonchev–Trinajstić information content (AvgIpc) is 2.89. The van der Waals surface area contributed by atoms with E-state index in [2.05, 4.69) is 11.9 Å². The number of nitrogens with two attached hydrogens (primary N) is 1. The Labute approximate surface area is 106 Å². The number of fused-ring (bicyclic) bond motifs is 2. The van der Waals surface area contributed by atoms with E-state index in [9.17, 15) is 14.7 Å². The van der Waals surface area contributed by atoms with Gasteiger partial charge in [0.1, 0.15) is 0 Å². The number of hydrogen-bond donors (Lipinski definition) is 3. The van der Waals surface area contributed by atoms with E-state index in [-0.39, 0.29) is 17.9 Å². The molecule has 2 rings (SSSR count). The van der Waals surface area contributed by atoms with Crippen molar-refractivity contribution in [1.29, 1.82) is 0 Å². The zero-order chi connectivity index (χ0) is 13.3. The van der Waals surface area contributed by atoms with E-state index in [0.29, 0.717) is 12.3 Å². The fourth-order valence-corrected chi connectivity index (χ4v) is 3.41. The quantitative estimate of drug-likeness (QED) is 0.621. The molecule has 2 bridgehead atoms. The summed E-state index contributed by atoms with van der Waals surface area (Å²) in [6.07, 6.45) is 4.89. The molecule has 18 heavy (non-hydrogen) atoms. The van der Waals surface area contributed by atoms with Crippen LogP contribution in [0.25, 0.3) is 0 Å². The normalized spacial score (nSPS) is 35.2. The number of carbonyl (C=O) groups excluding carboxylic acids is 1. The van der Waals surface area contributed by atoms with Gasteiger partial charge in [0, 0.05) is 6.04 Å². The van der Waals surface area contributed by atoms with Crippen molar-refractivity contribution in [2.75, 3.05) is 0 Å². The molecule has 0 heterocycles. The minimum atomic E-state index is -0.801. The predicted octanol–water partition coefficient (Wildman–Crippen LogP) is 0.505. The van der Waals surface area contributed by atoms with Gasteiger partial charge in [-0.1, -0.05) is 6.08 Å². The number of hydrogen-bond acceptors (Lipinski definition) is 3. The lowest BCUT2D eigenvalue weighted by Crippen LogP contribution is -2.51. The van der Waals surface area contributed by atoms with E-state index in [1.165, 1.54) is 0 Å². The summed E-state index contributed by atoms with van der Waals surface area (Å²) in [7, 11) is 0. The molecule has 0 radical (unpaired) electrons. The van der Waals surface area contributed by atoms with E-state index in [4.69, 9.17) is 5.73 Å². The number of carboxylic acids is 1. The number of carboxylic acid groups (broad SMARTS) is 1. The van der Waals surface area contributed by atoms with Gasteiger partial charge in [-0.2, -0.15) is 0 Å². The highest BCUT2D eigenvalue weighted by Gasteiger charge is 2.51. The molecule has 5 nitrogen and oxygen atoms in total. The number of rotatable bonds is 5. The van der Waals surface area contributed by atoms with Crippen molar-refractivity contribution >= 4 is 11.9 Å². The van der Waals surface area contributed by atoms with Crippen LogP contribution >= 0.6 is 0 Å². The van der Waals surface area contributed by atoms with Crippen LogP contribution in [0, 0.1) is 17.8 Å². The summed E-state index contributed by atoms with van der Waals surface area (Å²) >= 11 is 0. The SMILES string of the molecule is C=CCC(N)C(=O)NC1C2CCC(C2)C1C(=O)O. The van der Waals surface area contributed by atoms with Crippen LogP contribution < -0.4 is 11.1 Å². The Morgan fingerprint density at radius 1 is 1.44 bits per heavy atom. The van der Waals surface area contributed by atoms with Gasteiger partial charge in [-0.3, -0.25) is 9.59 Å². The molecule has 0 aromatic rings.